The lowest BCUT2D eigenvalue weighted by atomic mass is 10.0. The minimum atomic E-state index is -0.451. The number of nitrogens with one attached hydrogen (secondary N) is 2. The number of benzene rings is 2. The summed E-state index contributed by atoms with van der Waals surface area (Å²) < 4.78 is 0. The van der Waals surface area contributed by atoms with Gasteiger partial charge in [-0.3, -0.25) is 14.5 Å². The van der Waals surface area contributed by atoms with Crippen LogP contribution in [0.15, 0.2) is 66.7 Å². The third-order valence-corrected chi connectivity index (χ3v) is 4.85. The lowest BCUT2D eigenvalue weighted by molar-refractivity contribution is -0.134. The Kier molecular flexibility index (Phi) is 6.61. The molecule has 1 heterocycles. The summed E-state index contributed by atoms with van der Waals surface area (Å²) in [4.78, 5) is 26.6. The molecule has 1 saturated heterocycles. The second-order valence-corrected chi connectivity index (χ2v) is 7.28. The first kappa shape index (κ1) is 19.8. The highest BCUT2D eigenvalue weighted by Crippen LogP contribution is 2.21. The van der Waals surface area contributed by atoms with Gasteiger partial charge in [0, 0.05) is 26.2 Å². The van der Waals surface area contributed by atoms with Gasteiger partial charge in [0.15, 0.2) is 0 Å². The topological polar surface area (TPSA) is 61.4 Å². The molecule has 2 amide bonds. The molecule has 0 aliphatic carbocycles. The molecule has 2 N–H and O–H groups in total. The summed E-state index contributed by atoms with van der Waals surface area (Å²) in [7, 11) is 0. The molecule has 2 aromatic carbocycles. The molecule has 28 heavy (non-hydrogen) atoms. The highest BCUT2D eigenvalue weighted by atomic mass is 16.2. The van der Waals surface area contributed by atoms with Crippen molar-refractivity contribution in [3.8, 4) is 11.1 Å². The summed E-state index contributed by atoms with van der Waals surface area (Å²) in [5.74, 6) is -0.216. The molecule has 0 aromatic heterocycles. The van der Waals surface area contributed by atoms with Gasteiger partial charge in [0.25, 0.3) is 0 Å². The highest BCUT2D eigenvalue weighted by Gasteiger charge is 2.31. The predicted molar refractivity (Wildman–Crippen MR) is 112 cm³/mol. The maximum absolute atomic E-state index is 12.4. The Balaban J connectivity index is 1.66. The Morgan fingerprint density at radius 3 is 2.50 bits per heavy atom. The zero-order chi connectivity index (χ0) is 19.9. The van der Waals surface area contributed by atoms with E-state index in [0.717, 1.165) is 23.2 Å². The molecule has 5 heteroatoms. The molecule has 1 aliphatic heterocycles. The molecule has 1 fully saturated rings. The van der Waals surface area contributed by atoms with Crippen molar-refractivity contribution in [1.82, 2.24) is 15.5 Å². The normalized spacial score (nSPS) is 17.0. The van der Waals surface area contributed by atoms with Crippen LogP contribution in [0.5, 0.6) is 0 Å². The fourth-order valence-corrected chi connectivity index (χ4v) is 3.34. The second kappa shape index (κ2) is 9.33. The summed E-state index contributed by atoms with van der Waals surface area (Å²) in [6.45, 7) is 8.05. The van der Waals surface area contributed by atoms with Crippen molar-refractivity contribution < 1.29 is 9.59 Å². The SMILES string of the molecule is C=C(C)CNC(=O)CC1C(=O)NCCN1Cc1ccc(-c2ccccc2)cc1. The number of hydrogen-bond donors (Lipinski definition) is 2. The highest BCUT2D eigenvalue weighted by molar-refractivity contribution is 5.88. The van der Waals surface area contributed by atoms with E-state index >= 15 is 0 Å². The summed E-state index contributed by atoms with van der Waals surface area (Å²) in [5, 5.41) is 5.69. The van der Waals surface area contributed by atoms with Crippen LogP contribution < -0.4 is 10.6 Å². The lowest BCUT2D eigenvalue weighted by Gasteiger charge is -2.34. The van der Waals surface area contributed by atoms with Crippen LogP contribution in [0.1, 0.15) is 18.9 Å². The molecule has 0 radical (unpaired) electrons. The number of rotatable bonds is 7. The monoisotopic (exact) mass is 377 g/mol. The van der Waals surface area contributed by atoms with Gasteiger partial charge in [0.2, 0.25) is 11.8 Å². The maximum Gasteiger partial charge on any atom is 0.237 e. The van der Waals surface area contributed by atoms with Crippen LogP contribution in [0.2, 0.25) is 0 Å². The van der Waals surface area contributed by atoms with E-state index in [1.807, 2.05) is 25.1 Å². The average molecular weight is 377 g/mol. The van der Waals surface area contributed by atoms with E-state index in [2.05, 4.69) is 58.5 Å². The van der Waals surface area contributed by atoms with Gasteiger partial charge in [-0.05, 0) is 23.6 Å². The van der Waals surface area contributed by atoms with E-state index in [-0.39, 0.29) is 18.2 Å². The minimum Gasteiger partial charge on any atom is -0.353 e. The number of hydrogen-bond acceptors (Lipinski definition) is 3. The van der Waals surface area contributed by atoms with Crippen LogP contribution in [-0.4, -0.2) is 42.4 Å². The molecule has 0 saturated carbocycles. The molecule has 0 spiro atoms. The standard InChI is InChI=1S/C23H27N3O2/c1-17(2)15-25-22(27)14-21-23(28)24-12-13-26(21)16-18-8-10-20(11-9-18)19-6-4-3-5-7-19/h3-11,21H,1,12-16H2,2H3,(H,24,28)(H,25,27). The molecule has 5 nitrogen and oxygen atoms in total. The van der Waals surface area contributed by atoms with Crippen LogP contribution in [0, 0.1) is 0 Å². The average Bonchev–Trinajstić information content (AvgIpc) is 2.70. The summed E-state index contributed by atoms with van der Waals surface area (Å²) >= 11 is 0. The molecule has 146 valence electrons. The molecular weight excluding hydrogens is 350 g/mol. The van der Waals surface area contributed by atoms with Crippen molar-refractivity contribution in [3.63, 3.8) is 0 Å². The van der Waals surface area contributed by atoms with Crippen LogP contribution in [0.4, 0.5) is 0 Å². The van der Waals surface area contributed by atoms with Gasteiger partial charge in [0.05, 0.1) is 12.5 Å². The van der Waals surface area contributed by atoms with E-state index in [1.165, 1.54) is 5.56 Å². The molecule has 2 aromatic rings. The van der Waals surface area contributed by atoms with Gasteiger partial charge in [-0.15, -0.1) is 0 Å². The minimum absolute atomic E-state index is 0.0855. The van der Waals surface area contributed by atoms with Crippen LogP contribution >= 0.6 is 0 Å². The predicted octanol–water partition coefficient (Wildman–Crippen LogP) is 2.74. The molecular formula is C23H27N3O2. The lowest BCUT2D eigenvalue weighted by Crippen LogP contribution is -2.56. The number of carbonyl (C=O) groups excluding carboxylic acids is 2. The summed E-state index contributed by atoms with van der Waals surface area (Å²) in [6, 6.07) is 18.2. The van der Waals surface area contributed by atoms with E-state index in [4.69, 9.17) is 0 Å². The van der Waals surface area contributed by atoms with Gasteiger partial charge in [0.1, 0.15) is 0 Å². The van der Waals surface area contributed by atoms with E-state index in [9.17, 15) is 9.59 Å². The first-order valence-corrected chi connectivity index (χ1v) is 9.60. The largest absolute Gasteiger partial charge is 0.353 e. The Labute approximate surface area is 166 Å². The van der Waals surface area contributed by atoms with E-state index < -0.39 is 6.04 Å². The van der Waals surface area contributed by atoms with E-state index in [0.29, 0.717) is 19.6 Å². The summed E-state index contributed by atoms with van der Waals surface area (Å²) in [5.41, 5.74) is 4.36. The third-order valence-electron chi connectivity index (χ3n) is 4.85. The first-order valence-electron chi connectivity index (χ1n) is 9.60. The quantitative estimate of drug-likeness (QED) is 0.730. The second-order valence-electron chi connectivity index (χ2n) is 7.28. The number of carbonyl (C=O) groups is 2. The Morgan fingerprint density at radius 2 is 1.82 bits per heavy atom. The van der Waals surface area contributed by atoms with Crippen LogP contribution in [-0.2, 0) is 16.1 Å². The van der Waals surface area contributed by atoms with Gasteiger partial charge in [-0.25, -0.2) is 0 Å². The van der Waals surface area contributed by atoms with Gasteiger partial charge in [-0.1, -0.05) is 66.7 Å². The van der Waals surface area contributed by atoms with Crippen LogP contribution in [0.25, 0.3) is 11.1 Å². The molecule has 1 aliphatic rings. The van der Waals surface area contributed by atoms with Crippen molar-refractivity contribution in [2.75, 3.05) is 19.6 Å². The number of amides is 2. The van der Waals surface area contributed by atoms with Crippen molar-refractivity contribution >= 4 is 11.8 Å². The Bertz CT molecular complexity index is 831. The number of piperazine rings is 1. The van der Waals surface area contributed by atoms with Crippen molar-refractivity contribution in [3.05, 3.63) is 72.3 Å². The van der Waals surface area contributed by atoms with Crippen LogP contribution in [0.3, 0.4) is 0 Å². The fourth-order valence-electron chi connectivity index (χ4n) is 3.34. The van der Waals surface area contributed by atoms with Crippen molar-refractivity contribution in [2.24, 2.45) is 0 Å². The smallest absolute Gasteiger partial charge is 0.237 e. The van der Waals surface area contributed by atoms with E-state index in [1.54, 1.807) is 0 Å². The van der Waals surface area contributed by atoms with Gasteiger partial charge < -0.3 is 10.6 Å². The number of nitrogens with zero attached hydrogens (tertiary/aromatic N) is 1. The Morgan fingerprint density at radius 1 is 1.14 bits per heavy atom. The molecule has 1 unspecified atom stereocenters. The zero-order valence-electron chi connectivity index (χ0n) is 16.3. The Hall–Kier alpha value is -2.92. The fraction of sp³-hybridized carbons (Fsp3) is 0.304. The molecule has 1 atom stereocenters. The first-order chi connectivity index (χ1) is 13.5. The van der Waals surface area contributed by atoms with Crippen molar-refractivity contribution in [1.29, 1.82) is 0 Å². The third kappa shape index (κ3) is 5.30. The molecule has 0 bridgehead atoms. The maximum atomic E-state index is 12.4. The zero-order valence-corrected chi connectivity index (χ0v) is 16.3. The van der Waals surface area contributed by atoms with Gasteiger partial charge in [-0.2, -0.15) is 0 Å². The summed E-state index contributed by atoms with van der Waals surface area (Å²) in [6.07, 6.45) is 0.154. The molecule has 3 rings (SSSR count). The van der Waals surface area contributed by atoms with Crippen molar-refractivity contribution in [2.45, 2.75) is 25.9 Å². The van der Waals surface area contributed by atoms with Gasteiger partial charge >= 0.3 is 0 Å².